The van der Waals surface area contributed by atoms with Gasteiger partial charge in [0.15, 0.2) is 0 Å². The smallest absolute Gasteiger partial charge is 0.337 e. The minimum atomic E-state index is -3.74. The number of nitrogens with one attached hydrogen (secondary N) is 2. The average molecular weight is 439 g/mol. The van der Waals surface area contributed by atoms with Crippen LogP contribution in [-0.2, 0) is 21.2 Å². The lowest BCUT2D eigenvalue weighted by Crippen LogP contribution is -2.25. The second-order valence-electron chi connectivity index (χ2n) is 6.69. The van der Waals surface area contributed by atoms with Crippen molar-refractivity contribution in [2.75, 3.05) is 18.4 Å². The lowest BCUT2D eigenvalue weighted by molar-refractivity contribution is 0.0600. The van der Waals surface area contributed by atoms with E-state index in [-0.39, 0.29) is 10.8 Å². The molecule has 0 unspecified atom stereocenters. The molecule has 0 fully saturated rings. The van der Waals surface area contributed by atoms with Crippen molar-refractivity contribution in [3.63, 3.8) is 0 Å². The van der Waals surface area contributed by atoms with Crippen molar-refractivity contribution in [1.82, 2.24) is 5.32 Å². The van der Waals surface area contributed by atoms with Crippen molar-refractivity contribution in [2.45, 2.75) is 11.3 Å². The van der Waals surface area contributed by atoms with E-state index in [1.807, 2.05) is 0 Å². The van der Waals surface area contributed by atoms with Crippen LogP contribution in [0.25, 0.3) is 0 Å². The molecule has 0 saturated carbocycles. The van der Waals surface area contributed by atoms with Crippen LogP contribution in [0, 0.1) is 0 Å². The van der Waals surface area contributed by atoms with Crippen molar-refractivity contribution in [3.8, 4) is 0 Å². The standard InChI is InChI=1S/C23H22N2O5S/c1-30-23(27)19-9-7-17(8-10-19)15-16-24-22(26)18-11-13-21(14-12-18)31(28,29)25-20-5-3-2-4-6-20/h2-14,25H,15-16H2,1H3,(H,24,26). The summed E-state index contributed by atoms with van der Waals surface area (Å²) in [4.78, 5) is 23.8. The molecule has 0 heterocycles. The van der Waals surface area contributed by atoms with Crippen LogP contribution in [0.1, 0.15) is 26.3 Å². The Labute approximate surface area is 181 Å². The lowest BCUT2D eigenvalue weighted by atomic mass is 10.1. The van der Waals surface area contributed by atoms with Crippen LogP contribution >= 0.6 is 0 Å². The minimum absolute atomic E-state index is 0.0681. The summed E-state index contributed by atoms with van der Waals surface area (Å²) in [5, 5.41) is 2.80. The number of carbonyl (C=O) groups is 2. The van der Waals surface area contributed by atoms with Gasteiger partial charge in [0.1, 0.15) is 0 Å². The van der Waals surface area contributed by atoms with Gasteiger partial charge in [-0.15, -0.1) is 0 Å². The molecule has 7 nitrogen and oxygen atoms in total. The quantitative estimate of drug-likeness (QED) is 0.526. The number of methoxy groups -OCH3 is 1. The Morgan fingerprint density at radius 1 is 0.839 bits per heavy atom. The third kappa shape index (κ3) is 5.93. The summed E-state index contributed by atoms with van der Waals surface area (Å²) in [7, 11) is -2.41. The number of esters is 1. The van der Waals surface area contributed by atoms with Gasteiger partial charge in [-0.3, -0.25) is 9.52 Å². The number of hydrogen-bond donors (Lipinski definition) is 2. The first-order chi connectivity index (χ1) is 14.9. The van der Waals surface area contributed by atoms with Crippen molar-refractivity contribution in [2.24, 2.45) is 0 Å². The molecule has 0 bridgehead atoms. The highest BCUT2D eigenvalue weighted by molar-refractivity contribution is 7.92. The maximum atomic E-state index is 12.5. The Morgan fingerprint density at radius 3 is 2.06 bits per heavy atom. The maximum Gasteiger partial charge on any atom is 0.337 e. The van der Waals surface area contributed by atoms with E-state index in [0.717, 1.165) is 5.56 Å². The van der Waals surface area contributed by atoms with Crippen molar-refractivity contribution in [1.29, 1.82) is 0 Å². The maximum absolute atomic E-state index is 12.5. The van der Waals surface area contributed by atoms with Crippen LogP contribution in [0.4, 0.5) is 5.69 Å². The zero-order valence-corrected chi connectivity index (χ0v) is 17.7. The Morgan fingerprint density at radius 2 is 1.45 bits per heavy atom. The van der Waals surface area contributed by atoms with Gasteiger partial charge in [-0.25, -0.2) is 13.2 Å². The Bertz CT molecular complexity index is 1140. The predicted octanol–water partition coefficient (Wildman–Crippen LogP) is 3.25. The van der Waals surface area contributed by atoms with Crippen LogP contribution in [0.3, 0.4) is 0 Å². The Kier molecular flexibility index (Phi) is 7.04. The molecule has 0 aliphatic rings. The van der Waals surface area contributed by atoms with Crippen molar-refractivity contribution >= 4 is 27.6 Å². The number of benzene rings is 3. The SMILES string of the molecule is COC(=O)c1ccc(CCNC(=O)c2ccc(S(=O)(=O)Nc3ccccc3)cc2)cc1. The number of hydrogen-bond acceptors (Lipinski definition) is 5. The number of para-hydroxylation sites is 1. The normalized spacial score (nSPS) is 10.9. The third-order valence-electron chi connectivity index (χ3n) is 4.53. The van der Waals surface area contributed by atoms with E-state index in [0.29, 0.717) is 29.8 Å². The monoisotopic (exact) mass is 438 g/mol. The molecule has 160 valence electrons. The molecule has 8 heteroatoms. The molecule has 31 heavy (non-hydrogen) atoms. The fourth-order valence-electron chi connectivity index (χ4n) is 2.85. The van der Waals surface area contributed by atoms with Gasteiger partial charge in [-0.05, 0) is 60.5 Å². The van der Waals surface area contributed by atoms with E-state index in [1.165, 1.54) is 31.4 Å². The first-order valence-electron chi connectivity index (χ1n) is 9.52. The predicted molar refractivity (Wildman–Crippen MR) is 118 cm³/mol. The van der Waals surface area contributed by atoms with Gasteiger partial charge in [-0.2, -0.15) is 0 Å². The molecule has 0 atom stereocenters. The molecule has 0 spiro atoms. The molecule has 0 aliphatic carbocycles. The molecule has 3 aromatic carbocycles. The van der Waals surface area contributed by atoms with Gasteiger partial charge < -0.3 is 10.1 Å². The molecular weight excluding hydrogens is 416 g/mol. The van der Waals surface area contributed by atoms with Crippen LogP contribution in [0.15, 0.2) is 83.8 Å². The number of amides is 1. The zero-order valence-electron chi connectivity index (χ0n) is 16.9. The summed E-state index contributed by atoms with van der Waals surface area (Å²) in [6.45, 7) is 0.395. The summed E-state index contributed by atoms with van der Waals surface area (Å²) in [5.74, 6) is -0.699. The van der Waals surface area contributed by atoms with Crippen LogP contribution < -0.4 is 10.0 Å². The largest absolute Gasteiger partial charge is 0.465 e. The lowest BCUT2D eigenvalue weighted by Gasteiger charge is -2.09. The van der Waals surface area contributed by atoms with Crippen LogP contribution in [-0.4, -0.2) is 33.9 Å². The van der Waals surface area contributed by atoms with Crippen molar-refractivity contribution < 1.29 is 22.7 Å². The van der Waals surface area contributed by atoms with E-state index in [1.54, 1.807) is 54.6 Å². The second-order valence-corrected chi connectivity index (χ2v) is 8.37. The highest BCUT2D eigenvalue weighted by Gasteiger charge is 2.15. The zero-order chi connectivity index (χ0) is 22.3. The molecular formula is C23H22N2O5S. The minimum Gasteiger partial charge on any atom is -0.465 e. The Hall–Kier alpha value is -3.65. The van der Waals surface area contributed by atoms with E-state index < -0.39 is 16.0 Å². The highest BCUT2D eigenvalue weighted by Crippen LogP contribution is 2.16. The van der Waals surface area contributed by atoms with Crippen LogP contribution in [0.5, 0.6) is 0 Å². The summed E-state index contributed by atoms with van der Waals surface area (Å²) in [5.41, 5.74) is 2.25. The fraction of sp³-hybridized carbons (Fsp3) is 0.130. The molecule has 0 aromatic heterocycles. The second kappa shape index (κ2) is 9.90. The Balaban J connectivity index is 1.55. The number of carbonyl (C=O) groups excluding carboxylic acids is 2. The number of rotatable bonds is 8. The third-order valence-corrected chi connectivity index (χ3v) is 5.92. The molecule has 3 aromatic rings. The van der Waals surface area contributed by atoms with Gasteiger partial charge in [0, 0.05) is 17.8 Å². The fourth-order valence-corrected chi connectivity index (χ4v) is 3.91. The molecule has 2 N–H and O–H groups in total. The first kappa shape index (κ1) is 22.0. The molecule has 1 amide bonds. The highest BCUT2D eigenvalue weighted by atomic mass is 32.2. The summed E-state index contributed by atoms with van der Waals surface area (Å²) in [6.07, 6.45) is 0.584. The summed E-state index contributed by atoms with van der Waals surface area (Å²) >= 11 is 0. The molecule has 0 aliphatic heterocycles. The van der Waals surface area contributed by atoms with Crippen molar-refractivity contribution in [3.05, 3.63) is 95.6 Å². The number of anilines is 1. The average Bonchev–Trinajstić information content (AvgIpc) is 2.79. The number of ether oxygens (including phenoxy) is 1. The van der Waals surface area contributed by atoms with E-state index in [2.05, 4.69) is 14.8 Å². The summed E-state index contributed by atoms with van der Waals surface area (Å²) in [6, 6.07) is 21.3. The van der Waals surface area contributed by atoms with E-state index in [9.17, 15) is 18.0 Å². The van der Waals surface area contributed by atoms with Gasteiger partial charge in [0.05, 0.1) is 17.6 Å². The van der Waals surface area contributed by atoms with Gasteiger partial charge in [-0.1, -0.05) is 30.3 Å². The molecule has 0 saturated heterocycles. The van der Waals surface area contributed by atoms with Gasteiger partial charge in [0.25, 0.3) is 15.9 Å². The van der Waals surface area contributed by atoms with Gasteiger partial charge >= 0.3 is 5.97 Å². The topological polar surface area (TPSA) is 102 Å². The molecule has 0 radical (unpaired) electrons. The number of sulfonamides is 1. The van der Waals surface area contributed by atoms with Crippen LogP contribution in [0.2, 0.25) is 0 Å². The first-order valence-corrected chi connectivity index (χ1v) is 11.0. The summed E-state index contributed by atoms with van der Waals surface area (Å²) < 4.78 is 32.1. The van der Waals surface area contributed by atoms with E-state index >= 15 is 0 Å². The van der Waals surface area contributed by atoms with E-state index in [4.69, 9.17) is 0 Å². The van der Waals surface area contributed by atoms with Gasteiger partial charge in [0.2, 0.25) is 0 Å². The molecule has 3 rings (SSSR count).